The van der Waals surface area contributed by atoms with Gasteiger partial charge in [0, 0.05) is 11.1 Å². The van der Waals surface area contributed by atoms with Crippen LogP contribution >= 0.6 is 11.6 Å². The lowest BCUT2D eigenvalue weighted by Crippen LogP contribution is -2.22. The molecule has 2 heteroatoms. The molecule has 1 aromatic rings. The van der Waals surface area contributed by atoms with Gasteiger partial charge in [0.25, 0.3) is 0 Å². The Morgan fingerprint density at radius 1 is 1.47 bits per heavy atom. The van der Waals surface area contributed by atoms with E-state index < -0.39 is 0 Å². The summed E-state index contributed by atoms with van der Waals surface area (Å²) in [5, 5.41) is 4.43. The zero-order valence-corrected chi connectivity index (χ0v) is 11.6. The van der Waals surface area contributed by atoms with Crippen LogP contribution in [0.3, 0.4) is 0 Å². The van der Waals surface area contributed by atoms with Gasteiger partial charge in [0.05, 0.1) is 0 Å². The van der Waals surface area contributed by atoms with E-state index in [1.807, 2.05) is 18.2 Å². The Kier molecular flexibility index (Phi) is 6.31. The Morgan fingerprint density at radius 3 is 2.88 bits per heavy atom. The van der Waals surface area contributed by atoms with Crippen LogP contribution in [0.5, 0.6) is 0 Å². The molecule has 1 aromatic carbocycles. The molecule has 0 radical (unpaired) electrons. The lowest BCUT2D eigenvalue weighted by molar-refractivity contribution is 0.501. The van der Waals surface area contributed by atoms with Gasteiger partial charge in [0.1, 0.15) is 0 Å². The zero-order valence-electron chi connectivity index (χ0n) is 10.8. The molecule has 1 nitrogen and oxygen atoms in total. The number of halogens is 1. The van der Waals surface area contributed by atoms with E-state index in [-0.39, 0.29) is 0 Å². The molecule has 0 amide bonds. The third kappa shape index (κ3) is 4.18. The van der Waals surface area contributed by atoms with E-state index in [0.717, 1.165) is 30.8 Å². The summed E-state index contributed by atoms with van der Waals surface area (Å²) in [6.45, 7) is 9.10. The Balaban J connectivity index is 2.86. The molecule has 0 saturated heterocycles. The second-order valence-corrected chi connectivity index (χ2v) is 4.73. The third-order valence-corrected chi connectivity index (χ3v) is 3.39. The van der Waals surface area contributed by atoms with Crippen molar-refractivity contribution in [2.45, 2.75) is 39.2 Å². The van der Waals surface area contributed by atoms with Crippen LogP contribution in [0.1, 0.15) is 43.4 Å². The van der Waals surface area contributed by atoms with Crippen LogP contribution in [-0.2, 0) is 0 Å². The molecule has 0 saturated carbocycles. The van der Waals surface area contributed by atoms with Crippen molar-refractivity contribution in [3.8, 4) is 0 Å². The van der Waals surface area contributed by atoms with Crippen molar-refractivity contribution in [1.82, 2.24) is 5.32 Å². The predicted octanol–water partition coefficient (Wildman–Crippen LogP) is 4.66. The fourth-order valence-electron chi connectivity index (χ4n) is 1.97. The maximum Gasteiger partial charge on any atom is 0.0438 e. The van der Waals surface area contributed by atoms with Gasteiger partial charge in [0.2, 0.25) is 0 Å². The standard InChI is InChI=1S/C15H22ClN/c1-4-6-10-15(17-11-5-2)13-8-7-9-14(16)12(13)3/h4,7-9,15,17H,1,5-6,10-11H2,2-3H3. The molecule has 0 aliphatic carbocycles. The van der Waals surface area contributed by atoms with Crippen molar-refractivity contribution in [1.29, 1.82) is 0 Å². The minimum atomic E-state index is 0.381. The van der Waals surface area contributed by atoms with Crippen molar-refractivity contribution in [2.75, 3.05) is 6.54 Å². The average molecular weight is 252 g/mol. The monoisotopic (exact) mass is 251 g/mol. The largest absolute Gasteiger partial charge is 0.310 e. The molecule has 1 N–H and O–H groups in total. The summed E-state index contributed by atoms with van der Waals surface area (Å²) in [7, 11) is 0. The molecular formula is C15H22ClN. The van der Waals surface area contributed by atoms with E-state index in [9.17, 15) is 0 Å². The Labute approximate surface area is 110 Å². The molecule has 0 aromatic heterocycles. The van der Waals surface area contributed by atoms with Gasteiger partial charge in [-0.1, -0.05) is 36.7 Å². The second kappa shape index (κ2) is 7.52. The van der Waals surface area contributed by atoms with Gasteiger partial charge in [-0.05, 0) is 49.9 Å². The quantitative estimate of drug-likeness (QED) is 0.696. The summed E-state index contributed by atoms with van der Waals surface area (Å²) in [5.41, 5.74) is 2.50. The highest BCUT2D eigenvalue weighted by Crippen LogP contribution is 2.27. The van der Waals surface area contributed by atoms with Gasteiger partial charge in [-0.2, -0.15) is 0 Å². The van der Waals surface area contributed by atoms with Crippen molar-refractivity contribution in [3.63, 3.8) is 0 Å². The number of nitrogens with one attached hydrogen (secondary N) is 1. The van der Waals surface area contributed by atoms with Crippen LogP contribution in [0.4, 0.5) is 0 Å². The molecule has 0 spiro atoms. The van der Waals surface area contributed by atoms with E-state index in [4.69, 9.17) is 11.6 Å². The minimum Gasteiger partial charge on any atom is -0.310 e. The van der Waals surface area contributed by atoms with Crippen LogP contribution in [-0.4, -0.2) is 6.54 Å². The van der Waals surface area contributed by atoms with E-state index in [0.29, 0.717) is 6.04 Å². The number of benzene rings is 1. The molecule has 0 bridgehead atoms. The van der Waals surface area contributed by atoms with E-state index in [1.165, 1.54) is 11.1 Å². The maximum atomic E-state index is 6.18. The summed E-state index contributed by atoms with van der Waals surface area (Å²) >= 11 is 6.18. The number of hydrogen-bond acceptors (Lipinski definition) is 1. The fraction of sp³-hybridized carbons (Fsp3) is 0.467. The molecule has 0 fully saturated rings. The second-order valence-electron chi connectivity index (χ2n) is 4.33. The molecule has 1 rings (SSSR count). The Morgan fingerprint density at radius 2 is 2.24 bits per heavy atom. The normalized spacial score (nSPS) is 12.4. The maximum absolute atomic E-state index is 6.18. The van der Waals surface area contributed by atoms with E-state index in [1.54, 1.807) is 0 Å². The summed E-state index contributed by atoms with van der Waals surface area (Å²) in [5.74, 6) is 0. The first kappa shape index (κ1) is 14.3. The third-order valence-electron chi connectivity index (χ3n) is 2.99. The Bertz CT molecular complexity index is 360. The highest BCUT2D eigenvalue weighted by Gasteiger charge is 2.13. The van der Waals surface area contributed by atoms with Crippen molar-refractivity contribution in [2.24, 2.45) is 0 Å². The number of rotatable bonds is 7. The molecule has 0 heterocycles. The average Bonchev–Trinajstić information content (AvgIpc) is 2.34. The molecule has 17 heavy (non-hydrogen) atoms. The van der Waals surface area contributed by atoms with Gasteiger partial charge >= 0.3 is 0 Å². The lowest BCUT2D eigenvalue weighted by Gasteiger charge is -2.21. The topological polar surface area (TPSA) is 12.0 Å². The highest BCUT2D eigenvalue weighted by atomic mass is 35.5. The van der Waals surface area contributed by atoms with Crippen molar-refractivity contribution >= 4 is 11.6 Å². The molecule has 0 aliphatic rings. The molecular weight excluding hydrogens is 230 g/mol. The van der Waals surface area contributed by atoms with Crippen molar-refractivity contribution in [3.05, 3.63) is 47.0 Å². The summed E-state index contributed by atoms with van der Waals surface area (Å²) < 4.78 is 0. The smallest absolute Gasteiger partial charge is 0.0438 e. The van der Waals surface area contributed by atoms with Crippen LogP contribution in [0.25, 0.3) is 0 Å². The SMILES string of the molecule is C=CCCC(NCCC)c1cccc(Cl)c1C. The summed E-state index contributed by atoms with van der Waals surface area (Å²) in [4.78, 5) is 0. The predicted molar refractivity (Wildman–Crippen MR) is 76.7 cm³/mol. The number of hydrogen-bond donors (Lipinski definition) is 1. The molecule has 1 unspecified atom stereocenters. The van der Waals surface area contributed by atoms with Gasteiger partial charge in [-0.25, -0.2) is 0 Å². The van der Waals surface area contributed by atoms with Crippen LogP contribution in [0, 0.1) is 6.92 Å². The molecule has 0 aliphatic heterocycles. The minimum absolute atomic E-state index is 0.381. The van der Waals surface area contributed by atoms with Crippen LogP contribution in [0.15, 0.2) is 30.9 Å². The van der Waals surface area contributed by atoms with Gasteiger partial charge < -0.3 is 5.32 Å². The van der Waals surface area contributed by atoms with E-state index in [2.05, 4.69) is 31.8 Å². The van der Waals surface area contributed by atoms with E-state index >= 15 is 0 Å². The van der Waals surface area contributed by atoms with Gasteiger partial charge in [0.15, 0.2) is 0 Å². The van der Waals surface area contributed by atoms with Gasteiger partial charge in [-0.3, -0.25) is 0 Å². The lowest BCUT2D eigenvalue weighted by atomic mass is 9.97. The molecule has 94 valence electrons. The van der Waals surface area contributed by atoms with Gasteiger partial charge in [-0.15, -0.1) is 6.58 Å². The first-order valence-electron chi connectivity index (χ1n) is 6.30. The fourth-order valence-corrected chi connectivity index (χ4v) is 2.15. The Hall–Kier alpha value is -0.790. The summed E-state index contributed by atoms with van der Waals surface area (Å²) in [6.07, 6.45) is 5.21. The van der Waals surface area contributed by atoms with Crippen LogP contribution < -0.4 is 5.32 Å². The first-order chi connectivity index (χ1) is 8.20. The highest BCUT2D eigenvalue weighted by molar-refractivity contribution is 6.31. The summed E-state index contributed by atoms with van der Waals surface area (Å²) in [6, 6.07) is 6.52. The van der Waals surface area contributed by atoms with Crippen LogP contribution in [0.2, 0.25) is 5.02 Å². The first-order valence-corrected chi connectivity index (χ1v) is 6.67. The zero-order chi connectivity index (χ0) is 12.7. The van der Waals surface area contributed by atoms with Crippen molar-refractivity contribution < 1.29 is 0 Å². The molecule has 1 atom stereocenters. The number of allylic oxidation sites excluding steroid dienone is 1.